The van der Waals surface area contributed by atoms with Gasteiger partial charge in [-0.15, -0.1) is 0 Å². The second-order valence-electron chi connectivity index (χ2n) is 5.99. The summed E-state index contributed by atoms with van der Waals surface area (Å²) in [5.74, 6) is 0.461. The Labute approximate surface area is 135 Å². The van der Waals surface area contributed by atoms with E-state index in [1.54, 1.807) is 12.1 Å². The second kappa shape index (κ2) is 7.72. The molecule has 0 bridgehead atoms. The molecule has 0 aliphatic carbocycles. The van der Waals surface area contributed by atoms with Gasteiger partial charge in [-0.3, -0.25) is 15.0 Å². The summed E-state index contributed by atoms with van der Waals surface area (Å²) in [7, 11) is 0. The molecule has 0 spiro atoms. The molecule has 23 heavy (non-hydrogen) atoms. The van der Waals surface area contributed by atoms with Gasteiger partial charge in [0.05, 0.1) is 24.7 Å². The molecule has 0 radical (unpaired) electrons. The Bertz CT molecular complexity index is 528. The fourth-order valence-corrected chi connectivity index (χ4v) is 3.36. The Morgan fingerprint density at radius 2 is 2.04 bits per heavy atom. The predicted octanol–water partition coefficient (Wildman–Crippen LogP) is 1.74. The van der Waals surface area contributed by atoms with Crippen molar-refractivity contribution in [3.63, 3.8) is 0 Å². The van der Waals surface area contributed by atoms with E-state index < -0.39 is 0 Å². The van der Waals surface area contributed by atoms with Gasteiger partial charge in [0.15, 0.2) is 0 Å². The van der Waals surface area contributed by atoms with Gasteiger partial charge in [0.25, 0.3) is 5.69 Å². The molecule has 2 saturated heterocycles. The Kier molecular flexibility index (Phi) is 5.43. The monoisotopic (exact) mass is 321 g/mol. The number of benzene rings is 1. The minimum atomic E-state index is -0.343. The van der Waals surface area contributed by atoms with Gasteiger partial charge in [0.2, 0.25) is 0 Å². The van der Waals surface area contributed by atoms with E-state index in [2.05, 4.69) is 10.2 Å². The quantitative estimate of drug-likeness (QED) is 0.635. The Hall–Kier alpha value is -1.70. The summed E-state index contributed by atoms with van der Waals surface area (Å²) < 4.78 is 11.0. The number of rotatable bonds is 6. The maximum absolute atomic E-state index is 11.1. The summed E-state index contributed by atoms with van der Waals surface area (Å²) in [6.45, 7) is 5.54. The summed E-state index contributed by atoms with van der Waals surface area (Å²) in [6.07, 6.45) is 1.04. The van der Waals surface area contributed by atoms with E-state index in [4.69, 9.17) is 9.47 Å². The number of nitro groups is 1. The highest BCUT2D eigenvalue weighted by molar-refractivity contribution is 5.61. The molecule has 126 valence electrons. The molecule has 1 aromatic rings. The Morgan fingerprint density at radius 1 is 1.26 bits per heavy atom. The molecule has 1 aromatic carbocycles. The predicted molar refractivity (Wildman–Crippen MR) is 86.7 cm³/mol. The van der Waals surface area contributed by atoms with E-state index in [0.29, 0.717) is 24.2 Å². The molecule has 3 rings (SSSR count). The average Bonchev–Trinajstić information content (AvgIpc) is 3.10. The van der Waals surface area contributed by atoms with Gasteiger partial charge in [0.1, 0.15) is 5.69 Å². The minimum Gasteiger partial charge on any atom is -0.381 e. The van der Waals surface area contributed by atoms with Crippen LogP contribution in [0.2, 0.25) is 0 Å². The number of hydrogen-bond donors (Lipinski definition) is 1. The fraction of sp³-hybridized carbons (Fsp3) is 0.625. The van der Waals surface area contributed by atoms with Crippen molar-refractivity contribution in [1.82, 2.24) is 4.90 Å². The first-order chi connectivity index (χ1) is 11.3. The van der Waals surface area contributed by atoms with Crippen LogP contribution in [0.4, 0.5) is 11.4 Å². The highest BCUT2D eigenvalue weighted by atomic mass is 16.6. The van der Waals surface area contributed by atoms with Crippen molar-refractivity contribution in [2.24, 2.45) is 5.92 Å². The molecule has 0 aromatic heterocycles. The number of morpholine rings is 1. The number of ether oxygens (including phenoxy) is 2. The molecule has 0 unspecified atom stereocenters. The molecular formula is C16H23N3O4. The van der Waals surface area contributed by atoms with Crippen molar-refractivity contribution >= 4 is 11.4 Å². The molecule has 2 aliphatic heterocycles. The van der Waals surface area contributed by atoms with E-state index in [0.717, 1.165) is 45.9 Å². The largest absolute Gasteiger partial charge is 0.381 e. The lowest BCUT2D eigenvalue weighted by atomic mass is 9.96. The third-order valence-corrected chi connectivity index (χ3v) is 4.63. The first-order valence-electron chi connectivity index (χ1n) is 8.12. The zero-order valence-corrected chi connectivity index (χ0v) is 13.1. The van der Waals surface area contributed by atoms with Crippen LogP contribution in [0.1, 0.15) is 6.42 Å². The maximum atomic E-state index is 11.1. The minimum absolute atomic E-state index is 0.121. The third-order valence-electron chi connectivity index (χ3n) is 4.63. The summed E-state index contributed by atoms with van der Waals surface area (Å²) in [4.78, 5) is 13.2. The molecule has 1 N–H and O–H groups in total. The Morgan fingerprint density at radius 3 is 2.74 bits per heavy atom. The van der Waals surface area contributed by atoms with Crippen LogP contribution in [0.15, 0.2) is 24.3 Å². The second-order valence-corrected chi connectivity index (χ2v) is 5.99. The summed E-state index contributed by atoms with van der Waals surface area (Å²) in [6, 6.07) is 7.11. The van der Waals surface area contributed by atoms with Crippen LogP contribution < -0.4 is 5.32 Å². The number of hydrogen-bond acceptors (Lipinski definition) is 6. The third kappa shape index (κ3) is 3.99. The van der Waals surface area contributed by atoms with Gasteiger partial charge in [-0.2, -0.15) is 0 Å². The van der Waals surface area contributed by atoms with Gasteiger partial charge in [-0.05, 0) is 12.5 Å². The number of nitro benzene ring substituents is 1. The van der Waals surface area contributed by atoms with Gasteiger partial charge in [-0.25, -0.2) is 0 Å². The zero-order valence-electron chi connectivity index (χ0n) is 13.1. The molecule has 0 saturated carbocycles. The van der Waals surface area contributed by atoms with Crippen molar-refractivity contribution in [3.05, 3.63) is 34.4 Å². The highest BCUT2D eigenvalue weighted by Crippen LogP contribution is 2.26. The van der Waals surface area contributed by atoms with E-state index in [9.17, 15) is 10.1 Å². The van der Waals surface area contributed by atoms with E-state index in [-0.39, 0.29) is 10.6 Å². The topological polar surface area (TPSA) is 76.9 Å². The van der Waals surface area contributed by atoms with Crippen LogP contribution in [0.3, 0.4) is 0 Å². The molecule has 7 heteroatoms. The molecule has 7 nitrogen and oxygen atoms in total. The number of anilines is 1. The highest BCUT2D eigenvalue weighted by Gasteiger charge is 2.31. The van der Waals surface area contributed by atoms with Gasteiger partial charge in [-0.1, -0.05) is 12.1 Å². The van der Waals surface area contributed by atoms with E-state index >= 15 is 0 Å². The van der Waals surface area contributed by atoms with Crippen LogP contribution >= 0.6 is 0 Å². The standard InChI is InChI=1S/C16H23N3O4/c20-19(21)15-4-2-1-3-14(15)17-11-16(13-5-8-23-12-13)18-6-9-22-10-7-18/h1-4,13,16-17H,5-12H2/t13-,16-/m0/s1. The van der Waals surface area contributed by atoms with Gasteiger partial charge >= 0.3 is 0 Å². The van der Waals surface area contributed by atoms with Gasteiger partial charge in [0, 0.05) is 44.3 Å². The average molecular weight is 321 g/mol. The van der Waals surface area contributed by atoms with Crippen LogP contribution in [0, 0.1) is 16.0 Å². The van der Waals surface area contributed by atoms with Crippen LogP contribution in [-0.4, -0.2) is 61.9 Å². The molecule has 2 heterocycles. The molecule has 2 fully saturated rings. The van der Waals surface area contributed by atoms with Crippen molar-refractivity contribution in [2.45, 2.75) is 12.5 Å². The maximum Gasteiger partial charge on any atom is 0.292 e. The van der Waals surface area contributed by atoms with E-state index in [1.807, 2.05) is 6.07 Å². The smallest absolute Gasteiger partial charge is 0.292 e. The lowest BCUT2D eigenvalue weighted by Gasteiger charge is -2.37. The van der Waals surface area contributed by atoms with Crippen molar-refractivity contribution in [2.75, 3.05) is 51.4 Å². The number of nitrogens with one attached hydrogen (secondary N) is 1. The first kappa shape index (κ1) is 16.2. The van der Waals surface area contributed by atoms with E-state index in [1.165, 1.54) is 6.07 Å². The lowest BCUT2D eigenvalue weighted by Crippen LogP contribution is -2.50. The molecule has 2 aliphatic rings. The molecule has 2 atom stereocenters. The molecular weight excluding hydrogens is 298 g/mol. The zero-order chi connectivity index (χ0) is 16.1. The SMILES string of the molecule is O=[N+]([O-])c1ccccc1NC[C@@H]([C@H]1CCOC1)N1CCOCC1. The normalized spacial score (nSPS) is 23.6. The lowest BCUT2D eigenvalue weighted by molar-refractivity contribution is -0.384. The van der Waals surface area contributed by atoms with Crippen molar-refractivity contribution in [1.29, 1.82) is 0 Å². The first-order valence-corrected chi connectivity index (χ1v) is 8.12. The fourth-order valence-electron chi connectivity index (χ4n) is 3.36. The van der Waals surface area contributed by atoms with Crippen molar-refractivity contribution < 1.29 is 14.4 Å². The van der Waals surface area contributed by atoms with Crippen LogP contribution in [0.5, 0.6) is 0 Å². The van der Waals surface area contributed by atoms with Gasteiger partial charge < -0.3 is 14.8 Å². The number of para-hydroxylation sites is 2. The van der Waals surface area contributed by atoms with Crippen LogP contribution in [0.25, 0.3) is 0 Å². The summed E-state index contributed by atoms with van der Waals surface area (Å²) in [5, 5.41) is 14.4. The van der Waals surface area contributed by atoms with Crippen LogP contribution in [-0.2, 0) is 9.47 Å². The number of nitrogens with zero attached hydrogens (tertiary/aromatic N) is 2. The summed E-state index contributed by atoms with van der Waals surface area (Å²) >= 11 is 0. The van der Waals surface area contributed by atoms with Crippen molar-refractivity contribution in [3.8, 4) is 0 Å². The molecule has 0 amide bonds. The Balaban J connectivity index is 1.69. The summed E-state index contributed by atoms with van der Waals surface area (Å²) in [5.41, 5.74) is 0.700.